The molecule has 1 N–H and O–H groups in total. The number of hydrogen-bond acceptors (Lipinski definition) is 3. The molecule has 0 saturated carbocycles. The van der Waals surface area contributed by atoms with E-state index in [1.165, 1.54) is 10.9 Å². The Hall–Kier alpha value is -2.05. The molecule has 1 aliphatic rings. The molecule has 2 unspecified atom stereocenters. The van der Waals surface area contributed by atoms with E-state index in [0.29, 0.717) is 34.3 Å². The molecule has 0 bridgehead atoms. The number of hydrogen-bond donors (Lipinski definition) is 1. The van der Waals surface area contributed by atoms with E-state index < -0.39 is 11.9 Å². The molecule has 3 rings (SSSR count). The van der Waals surface area contributed by atoms with Crippen molar-refractivity contribution in [3.05, 3.63) is 46.2 Å². The summed E-state index contributed by atoms with van der Waals surface area (Å²) < 4.78 is 1.50. The van der Waals surface area contributed by atoms with Gasteiger partial charge < -0.3 is 10.0 Å². The lowest BCUT2D eigenvalue weighted by molar-refractivity contribution is -0.142. The number of benzene rings is 1. The highest BCUT2D eigenvalue weighted by molar-refractivity contribution is 6.35. The maximum Gasteiger partial charge on any atom is 0.308 e. The van der Waals surface area contributed by atoms with E-state index in [1.54, 1.807) is 36.2 Å². The second-order valence-corrected chi connectivity index (χ2v) is 6.59. The zero-order chi connectivity index (χ0) is 17.4. The summed E-state index contributed by atoms with van der Waals surface area (Å²) in [7, 11) is 0. The van der Waals surface area contributed by atoms with Crippen molar-refractivity contribution in [2.75, 3.05) is 6.54 Å². The third-order valence-electron chi connectivity index (χ3n) is 4.32. The van der Waals surface area contributed by atoms with Crippen LogP contribution in [0.25, 0.3) is 5.69 Å². The third kappa shape index (κ3) is 2.99. The molecule has 1 fully saturated rings. The smallest absolute Gasteiger partial charge is 0.308 e. The molecule has 1 saturated heterocycles. The lowest BCUT2D eigenvalue weighted by Gasteiger charge is -2.22. The maximum absolute atomic E-state index is 12.6. The molecule has 1 aromatic heterocycles. The van der Waals surface area contributed by atoms with Gasteiger partial charge in [-0.2, -0.15) is 5.10 Å². The molecule has 6 nitrogen and oxygen atoms in total. The number of carboxylic acids is 1. The molecule has 2 heterocycles. The van der Waals surface area contributed by atoms with Gasteiger partial charge in [0.2, 0.25) is 0 Å². The highest BCUT2D eigenvalue weighted by Gasteiger charge is 2.38. The minimum absolute atomic E-state index is 0.234. The number of amides is 1. The summed E-state index contributed by atoms with van der Waals surface area (Å²) in [6, 6.07) is 4.65. The first-order valence-electron chi connectivity index (χ1n) is 7.42. The van der Waals surface area contributed by atoms with Crippen molar-refractivity contribution >= 4 is 35.1 Å². The van der Waals surface area contributed by atoms with Crippen molar-refractivity contribution in [3.8, 4) is 5.69 Å². The van der Waals surface area contributed by atoms with Gasteiger partial charge in [-0.3, -0.25) is 9.59 Å². The standard InChI is InChI=1S/C16H15Cl2N3O3/c1-9-12(16(23)24)4-5-20(9)15(22)10-7-19-21(8-10)14-3-2-11(17)6-13(14)18/h2-3,6-9,12H,4-5H2,1H3,(H,23,24). The molecule has 0 aliphatic carbocycles. The number of nitrogens with zero attached hydrogens (tertiary/aromatic N) is 3. The number of carbonyl (C=O) groups is 2. The number of aromatic nitrogens is 2. The molecule has 0 radical (unpaired) electrons. The second-order valence-electron chi connectivity index (χ2n) is 5.74. The summed E-state index contributed by atoms with van der Waals surface area (Å²) in [5, 5.41) is 14.3. The Morgan fingerprint density at radius 1 is 1.33 bits per heavy atom. The van der Waals surface area contributed by atoms with Gasteiger partial charge in [-0.15, -0.1) is 0 Å². The summed E-state index contributed by atoms with van der Waals surface area (Å²) in [5.41, 5.74) is 0.997. The van der Waals surface area contributed by atoms with Gasteiger partial charge in [-0.1, -0.05) is 23.2 Å². The van der Waals surface area contributed by atoms with Crippen LogP contribution in [0.3, 0.4) is 0 Å². The maximum atomic E-state index is 12.6. The Labute approximate surface area is 148 Å². The SMILES string of the molecule is CC1C(C(=O)O)CCN1C(=O)c1cnn(-c2ccc(Cl)cc2Cl)c1. The lowest BCUT2D eigenvalue weighted by Crippen LogP contribution is -2.37. The number of halogens is 2. The van der Waals surface area contributed by atoms with Crippen molar-refractivity contribution in [1.29, 1.82) is 0 Å². The zero-order valence-electron chi connectivity index (χ0n) is 12.8. The largest absolute Gasteiger partial charge is 0.481 e. The van der Waals surface area contributed by atoms with Crippen LogP contribution in [0.15, 0.2) is 30.6 Å². The van der Waals surface area contributed by atoms with E-state index >= 15 is 0 Å². The highest BCUT2D eigenvalue weighted by Crippen LogP contribution is 2.27. The monoisotopic (exact) mass is 367 g/mol. The molecule has 1 aromatic carbocycles. The van der Waals surface area contributed by atoms with Gasteiger partial charge in [0.25, 0.3) is 5.91 Å². The highest BCUT2D eigenvalue weighted by atomic mass is 35.5. The van der Waals surface area contributed by atoms with E-state index in [4.69, 9.17) is 23.2 Å². The molecule has 2 aromatic rings. The van der Waals surface area contributed by atoms with E-state index in [1.807, 2.05) is 0 Å². The summed E-state index contributed by atoms with van der Waals surface area (Å²) in [6.07, 6.45) is 3.49. The molecule has 1 amide bonds. The molecule has 126 valence electrons. The van der Waals surface area contributed by atoms with Crippen LogP contribution >= 0.6 is 23.2 Å². The molecule has 1 aliphatic heterocycles. The van der Waals surface area contributed by atoms with Gasteiger partial charge in [0.15, 0.2) is 0 Å². The quantitative estimate of drug-likeness (QED) is 0.903. The van der Waals surface area contributed by atoms with Crippen LogP contribution < -0.4 is 0 Å². The normalized spacial score (nSPS) is 20.4. The van der Waals surface area contributed by atoms with E-state index in [9.17, 15) is 14.7 Å². The number of likely N-dealkylation sites (tertiary alicyclic amines) is 1. The number of carbonyl (C=O) groups excluding carboxylic acids is 1. The Balaban J connectivity index is 1.83. The lowest BCUT2D eigenvalue weighted by atomic mass is 10.0. The molecule has 24 heavy (non-hydrogen) atoms. The average molecular weight is 368 g/mol. The molecular weight excluding hydrogens is 353 g/mol. The first-order chi connectivity index (χ1) is 11.4. The first-order valence-corrected chi connectivity index (χ1v) is 8.18. The topological polar surface area (TPSA) is 75.4 Å². The van der Waals surface area contributed by atoms with Crippen LogP contribution in [0.5, 0.6) is 0 Å². The van der Waals surface area contributed by atoms with Gasteiger partial charge in [0, 0.05) is 23.8 Å². The van der Waals surface area contributed by atoms with Crippen LogP contribution in [-0.4, -0.2) is 44.3 Å². The van der Waals surface area contributed by atoms with Crippen molar-refractivity contribution in [2.24, 2.45) is 5.92 Å². The van der Waals surface area contributed by atoms with Crippen molar-refractivity contribution in [1.82, 2.24) is 14.7 Å². The molecule has 0 spiro atoms. The Morgan fingerprint density at radius 2 is 2.08 bits per heavy atom. The molecular formula is C16H15Cl2N3O3. The fourth-order valence-electron chi connectivity index (χ4n) is 2.95. The minimum Gasteiger partial charge on any atom is -0.481 e. The van der Waals surface area contributed by atoms with Crippen LogP contribution in [0, 0.1) is 5.92 Å². The third-order valence-corrected chi connectivity index (χ3v) is 4.86. The van der Waals surface area contributed by atoms with Gasteiger partial charge >= 0.3 is 5.97 Å². The second kappa shape index (κ2) is 6.45. The number of carboxylic acid groups (broad SMARTS) is 1. The van der Waals surface area contributed by atoms with Gasteiger partial charge in [0.05, 0.1) is 28.4 Å². The van der Waals surface area contributed by atoms with Crippen LogP contribution in [0.1, 0.15) is 23.7 Å². The fraction of sp³-hybridized carbons (Fsp3) is 0.312. The van der Waals surface area contributed by atoms with E-state index in [0.717, 1.165) is 0 Å². The van der Waals surface area contributed by atoms with E-state index in [-0.39, 0.29) is 11.9 Å². The summed E-state index contributed by atoms with van der Waals surface area (Å²) in [4.78, 5) is 25.4. The fourth-order valence-corrected chi connectivity index (χ4v) is 3.45. The number of aliphatic carboxylic acids is 1. The summed E-state index contributed by atoms with van der Waals surface area (Å²) in [6.45, 7) is 2.17. The molecule has 2 atom stereocenters. The summed E-state index contributed by atoms with van der Waals surface area (Å²) >= 11 is 12.0. The van der Waals surface area contributed by atoms with Crippen molar-refractivity contribution < 1.29 is 14.7 Å². The summed E-state index contributed by atoms with van der Waals surface area (Å²) in [5.74, 6) is -1.64. The van der Waals surface area contributed by atoms with Crippen LogP contribution in [0.2, 0.25) is 10.0 Å². The average Bonchev–Trinajstić information content (AvgIpc) is 3.13. The Kier molecular flexibility index (Phi) is 4.51. The van der Waals surface area contributed by atoms with Gasteiger partial charge in [0.1, 0.15) is 0 Å². The first kappa shape index (κ1) is 16.8. The zero-order valence-corrected chi connectivity index (χ0v) is 14.3. The Bertz CT molecular complexity index is 806. The van der Waals surface area contributed by atoms with Crippen molar-refractivity contribution in [3.63, 3.8) is 0 Å². The van der Waals surface area contributed by atoms with Gasteiger partial charge in [-0.25, -0.2) is 4.68 Å². The van der Waals surface area contributed by atoms with Crippen LogP contribution in [0.4, 0.5) is 0 Å². The minimum atomic E-state index is -0.874. The van der Waals surface area contributed by atoms with E-state index in [2.05, 4.69) is 5.10 Å². The number of rotatable bonds is 3. The van der Waals surface area contributed by atoms with Gasteiger partial charge in [-0.05, 0) is 31.5 Å². The Morgan fingerprint density at radius 3 is 2.71 bits per heavy atom. The molecule has 8 heteroatoms. The predicted octanol–water partition coefficient (Wildman–Crippen LogP) is 3.11. The van der Waals surface area contributed by atoms with Crippen molar-refractivity contribution in [2.45, 2.75) is 19.4 Å². The predicted molar refractivity (Wildman–Crippen MR) is 89.8 cm³/mol. The van der Waals surface area contributed by atoms with Crippen LogP contribution in [-0.2, 0) is 4.79 Å².